The van der Waals surface area contributed by atoms with Crippen molar-refractivity contribution in [2.45, 2.75) is 31.7 Å². The predicted molar refractivity (Wildman–Crippen MR) is 94.0 cm³/mol. The van der Waals surface area contributed by atoms with Gasteiger partial charge in [-0.3, -0.25) is 0 Å². The molecule has 120 valence electrons. The van der Waals surface area contributed by atoms with E-state index in [1.165, 1.54) is 0 Å². The summed E-state index contributed by atoms with van der Waals surface area (Å²) in [6, 6.07) is 6.32. The van der Waals surface area contributed by atoms with Crippen molar-refractivity contribution >= 4 is 27.5 Å². The fourth-order valence-corrected chi connectivity index (χ4v) is 3.18. The minimum absolute atomic E-state index is 0.269. The van der Waals surface area contributed by atoms with Gasteiger partial charge < -0.3 is 15.3 Å². The van der Waals surface area contributed by atoms with E-state index in [0.717, 1.165) is 53.8 Å². The standard InChI is InChI=1S/C16H26BrClN2O/c1-19-16(14-7-6-13(17)12-15(14)18)8-10-20(2)9-4-3-5-11-21/h6-7,12,16,19,21H,3-5,8-11H2,1-2H3. The molecule has 0 radical (unpaired) electrons. The van der Waals surface area contributed by atoms with E-state index >= 15 is 0 Å². The van der Waals surface area contributed by atoms with E-state index in [-0.39, 0.29) is 6.04 Å². The molecule has 0 spiro atoms. The summed E-state index contributed by atoms with van der Waals surface area (Å²) >= 11 is 9.77. The number of aliphatic hydroxyl groups excluding tert-OH is 1. The average Bonchev–Trinajstić information content (AvgIpc) is 2.46. The molecule has 0 saturated carbocycles. The molecule has 0 bridgehead atoms. The average molecular weight is 378 g/mol. The lowest BCUT2D eigenvalue weighted by atomic mass is 10.0. The molecule has 0 heterocycles. The number of unbranched alkanes of at least 4 members (excludes halogenated alkanes) is 2. The fourth-order valence-electron chi connectivity index (χ4n) is 2.37. The van der Waals surface area contributed by atoms with Crippen molar-refractivity contribution in [3.8, 4) is 0 Å². The second kappa shape index (κ2) is 10.6. The lowest BCUT2D eigenvalue weighted by Crippen LogP contribution is -2.26. The molecule has 1 aromatic rings. The van der Waals surface area contributed by atoms with Crippen LogP contribution in [0.3, 0.4) is 0 Å². The van der Waals surface area contributed by atoms with Gasteiger partial charge in [0.15, 0.2) is 0 Å². The van der Waals surface area contributed by atoms with Gasteiger partial charge in [-0.15, -0.1) is 0 Å². The van der Waals surface area contributed by atoms with Crippen molar-refractivity contribution < 1.29 is 5.11 Å². The molecule has 0 saturated heterocycles. The monoisotopic (exact) mass is 376 g/mol. The van der Waals surface area contributed by atoms with E-state index in [2.05, 4.69) is 39.3 Å². The van der Waals surface area contributed by atoms with Crippen molar-refractivity contribution in [1.82, 2.24) is 10.2 Å². The number of halogens is 2. The number of rotatable bonds is 10. The summed E-state index contributed by atoms with van der Waals surface area (Å²) in [4.78, 5) is 2.34. The summed E-state index contributed by atoms with van der Waals surface area (Å²) in [6.07, 6.45) is 4.16. The second-order valence-corrected chi connectivity index (χ2v) is 6.71. The molecular weight excluding hydrogens is 352 g/mol. The van der Waals surface area contributed by atoms with Crippen LogP contribution in [0.5, 0.6) is 0 Å². The van der Waals surface area contributed by atoms with Gasteiger partial charge in [0.25, 0.3) is 0 Å². The maximum absolute atomic E-state index is 8.77. The first kappa shape index (κ1) is 18.9. The SMILES string of the molecule is CNC(CCN(C)CCCCCO)c1ccc(Br)cc1Cl. The van der Waals surface area contributed by atoms with Gasteiger partial charge in [-0.1, -0.05) is 33.6 Å². The summed E-state index contributed by atoms with van der Waals surface area (Å²) in [5.74, 6) is 0. The first-order valence-corrected chi connectivity index (χ1v) is 8.67. The fraction of sp³-hybridized carbons (Fsp3) is 0.625. The zero-order valence-electron chi connectivity index (χ0n) is 12.9. The summed E-state index contributed by atoms with van der Waals surface area (Å²) in [7, 11) is 4.12. The normalized spacial score (nSPS) is 12.9. The van der Waals surface area contributed by atoms with Gasteiger partial charge in [0.2, 0.25) is 0 Å². The van der Waals surface area contributed by atoms with Gasteiger partial charge in [0.1, 0.15) is 0 Å². The van der Waals surface area contributed by atoms with E-state index in [9.17, 15) is 0 Å². The van der Waals surface area contributed by atoms with E-state index in [1.807, 2.05) is 19.2 Å². The van der Waals surface area contributed by atoms with Crippen LogP contribution in [0.2, 0.25) is 5.02 Å². The van der Waals surface area contributed by atoms with Gasteiger partial charge in [0, 0.05) is 22.1 Å². The Labute approximate surface area is 141 Å². The van der Waals surface area contributed by atoms with Crippen LogP contribution < -0.4 is 5.32 Å². The number of nitrogens with one attached hydrogen (secondary N) is 1. The smallest absolute Gasteiger partial charge is 0.0465 e. The number of hydrogen-bond donors (Lipinski definition) is 2. The molecular formula is C16H26BrClN2O. The number of aliphatic hydroxyl groups is 1. The van der Waals surface area contributed by atoms with Crippen LogP contribution in [-0.4, -0.2) is 43.8 Å². The van der Waals surface area contributed by atoms with E-state index in [4.69, 9.17) is 16.7 Å². The molecule has 2 N–H and O–H groups in total. The molecule has 5 heteroatoms. The largest absolute Gasteiger partial charge is 0.396 e. The Morgan fingerprint density at radius 1 is 1.29 bits per heavy atom. The molecule has 1 unspecified atom stereocenters. The quantitative estimate of drug-likeness (QED) is 0.608. The van der Waals surface area contributed by atoms with Gasteiger partial charge in [-0.05, 0) is 70.6 Å². The third-order valence-electron chi connectivity index (χ3n) is 3.68. The number of nitrogens with zero attached hydrogens (tertiary/aromatic N) is 1. The van der Waals surface area contributed by atoms with Crippen molar-refractivity contribution in [2.75, 3.05) is 33.8 Å². The second-order valence-electron chi connectivity index (χ2n) is 5.38. The number of benzene rings is 1. The van der Waals surface area contributed by atoms with E-state index in [1.54, 1.807) is 0 Å². The molecule has 0 fully saturated rings. The van der Waals surface area contributed by atoms with E-state index in [0.29, 0.717) is 6.61 Å². The van der Waals surface area contributed by atoms with Gasteiger partial charge in [0.05, 0.1) is 0 Å². The Morgan fingerprint density at radius 3 is 2.67 bits per heavy atom. The highest BCUT2D eigenvalue weighted by Crippen LogP contribution is 2.28. The highest BCUT2D eigenvalue weighted by Gasteiger charge is 2.13. The topological polar surface area (TPSA) is 35.5 Å². The van der Waals surface area contributed by atoms with Crippen molar-refractivity contribution in [1.29, 1.82) is 0 Å². The predicted octanol–water partition coefficient (Wildman–Crippen LogP) is 3.85. The molecule has 0 aromatic heterocycles. The van der Waals surface area contributed by atoms with Gasteiger partial charge in [-0.25, -0.2) is 0 Å². The highest BCUT2D eigenvalue weighted by molar-refractivity contribution is 9.10. The van der Waals surface area contributed by atoms with Crippen LogP contribution in [0.1, 0.15) is 37.3 Å². The van der Waals surface area contributed by atoms with Crippen LogP contribution in [0.4, 0.5) is 0 Å². The Bertz CT molecular complexity index is 417. The van der Waals surface area contributed by atoms with E-state index < -0.39 is 0 Å². The van der Waals surface area contributed by atoms with Gasteiger partial charge in [-0.2, -0.15) is 0 Å². The first-order chi connectivity index (χ1) is 10.1. The first-order valence-electron chi connectivity index (χ1n) is 7.50. The Kier molecular flexibility index (Phi) is 9.52. The summed E-state index contributed by atoms with van der Waals surface area (Å²) in [5, 5.41) is 12.9. The molecule has 0 aliphatic heterocycles. The van der Waals surface area contributed by atoms with Crippen LogP contribution in [0, 0.1) is 0 Å². The van der Waals surface area contributed by atoms with Crippen molar-refractivity contribution in [3.05, 3.63) is 33.3 Å². The lowest BCUT2D eigenvalue weighted by molar-refractivity contribution is 0.269. The van der Waals surface area contributed by atoms with Crippen LogP contribution >= 0.6 is 27.5 Å². The Morgan fingerprint density at radius 2 is 2.05 bits per heavy atom. The Hall–Kier alpha value is -0.130. The summed E-state index contributed by atoms with van der Waals surface area (Å²) in [5.41, 5.74) is 1.15. The molecule has 0 amide bonds. The maximum Gasteiger partial charge on any atom is 0.0465 e. The van der Waals surface area contributed by atoms with Crippen molar-refractivity contribution in [2.24, 2.45) is 0 Å². The highest BCUT2D eigenvalue weighted by atomic mass is 79.9. The molecule has 1 atom stereocenters. The minimum Gasteiger partial charge on any atom is -0.396 e. The molecule has 0 aliphatic rings. The zero-order valence-corrected chi connectivity index (χ0v) is 15.3. The molecule has 1 rings (SSSR count). The van der Waals surface area contributed by atoms with Crippen LogP contribution in [0.15, 0.2) is 22.7 Å². The Balaban J connectivity index is 2.43. The van der Waals surface area contributed by atoms with Crippen molar-refractivity contribution in [3.63, 3.8) is 0 Å². The molecule has 3 nitrogen and oxygen atoms in total. The number of hydrogen-bond acceptors (Lipinski definition) is 3. The zero-order chi connectivity index (χ0) is 15.7. The van der Waals surface area contributed by atoms with Crippen LogP contribution in [-0.2, 0) is 0 Å². The van der Waals surface area contributed by atoms with Crippen LogP contribution in [0.25, 0.3) is 0 Å². The minimum atomic E-state index is 0.269. The third kappa shape index (κ3) is 7.11. The molecule has 21 heavy (non-hydrogen) atoms. The summed E-state index contributed by atoms with van der Waals surface area (Å²) in [6.45, 7) is 2.40. The summed E-state index contributed by atoms with van der Waals surface area (Å²) < 4.78 is 1.01. The lowest BCUT2D eigenvalue weighted by Gasteiger charge is -2.22. The maximum atomic E-state index is 8.77. The third-order valence-corrected chi connectivity index (χ3v) is 4.50. The molecule has 1 aromatic carbocycles. The van der Waals surface area contributed by atoms with Gasteiger partial charge >= 0.3 is 0 Å². The molecule has 0 aliphatic carbocycles.